The average Bonchev–Trinajstić information content (AvgIpc) is 3.01. The van der Waals surface area contributed by atoms with Crippen LogP contribution in [0, 0.1) is 74.9 Å². The standard InChI is InChI=1S/C41H68N4O3/c1-10-11-30-26-38(7)32(37(5,6)35(30)48-29(4)46)15-16-40(9)33(38)13-12-31-34-28(3)27(2)14-17-41(34,19-18-39(31,40)8)36(47)44-22-25-45(23-20-42)24-21-43/h1,12,27-28,30,32-35H,11,13-26,42-43H2,2-9H3,(H,44,47)/t27-,28+,30-,32+,33-,34-,35+,38+,39-,40-,41+/m1/s1. The fourth-order valence-electron chi connectivity index (χ4n) is 13.2. The van der Waals surface area contributed by atoms with E-state index in [9.17, 15) is 9.59 Å². The van der Waals surface area contributed by atoms with E-state index in [0.717, 1.165) is 71.0 Å². The summed E-state index contributed by atoms with van der Waals surface area (Å²) in [5, 5.41) is 3.44. The Morgan fingerprint density at radius 2 is 1.69 bits per heavy atom. The predicted octanol–water partition coefficient (Wildman–Crippen LogP) is 6.16. The third kappa shape index (κ3) is 5.78. The molecule has 0 spiro atoms. The van der Waals surface area contributed by atoms with Crippen LogP contribution in [0.5, 0.6) is 0 Å². The van der Waals surface area contributed by atoms with Crippen molar-refractivity contribution in [2.45, 2.75) is 119 Å². The van der Waals surface area contributed by atoms with Gasteiger partial charge < -0.3 is 21.5 Å². The van der Waals surface area contributed by atoms with Crippen LogP contribution in [0.1, 0.15) is 113 Å². The minimum Gasteiger partial charge on any atom is -0.462 e. The molecule has 1 amide bonds. The molecule has 4 saturated carbocycles. The maximum atomic E-state index is 14.5. The average molecular weight is 665 g/mol. The SMILES string of the molecule is C#CC[C@@H]1C[C@]2(C)[C@H]3CC=C4[C@H]5[C@@H](C)[C@H](C)CC[C@]5(C(=O)NCCN(CCN)CCN)CC[C@@]4(C)[C@]3(C)CC[C@H]2C(C)(C)[C@H]1OC(C)=O. The number of nitrogens with two attached hydrogens (primary N) is 2. The normalized spacial score (nSPS) is 43.0. The minimum atomic E-state index is -0.351. The van der Waals surface area contributed by atoms with Crippen molar-refractivity contribution in [3.8, 4) is 12.3 Å². The zero-order valence-corrected chi connectivity index (χ0v) is 31.6. The minimum absolute atomic E-state index is 0.0290. The second-order valence-electron chi connectivity index (χ2n) is 18.2. The van der Waals surface area contributed by atoms with Crippen LogP contribution in [-0.4, -0.2) is 62.1 Å². The van der Waals surface area contributed by atoms with Crippen LogP contribution in [0.4, 0.5) is 0 Å². The molecule has 5 aliphatic carbocycles. The highest BCUT2D eigenvalue weighted by molar-refractivity contribution is 5.84. The first-order chi connectivity index (χ1) is 22.6. The number of carbonyl (C=O) groups excluding carboxylic acids is 2. The molecule has 0 saturated heterocycles. The third-order valence-electron chi connectivity index (χ3n) is 15.7. The van der Waals surface area contributed by atoms with Crippen molar-refractivity contribution in [2.75, 3.05) is 39.3 Å². The Morgan fingerprint density at radius 3 is 2.31 bits per heavy atom. The van der Waals surface area contributed by atoms with E-state index in [1.54, 1.807) is 5.57 Å². The van der Waals surface area contributed by atoms with Gasteiger partial charge in [0.2, 0.25) is 5.91 Å². The molecule has 7 nitrogen and oxygen atoms in total. The largest absolute Gasteiger partial charge is 0.462 e. The van der Waals surface area contributed by atoms with Crippen molar-refractivity contribution in [1.82, 2.24) is 10.2 Å². The number of hydrogen-bond acceptors (Lipinski definition) is 6. The lowest BCUT2D eigenvalue weighted by Crippen LogP contribution is -2.67. The Bertz CT molecular complexity index is 1280. The Labute approximate surface area is 292 Å². The number of carbonyl (C=O) groups is 2. The van der Waals surface area contributed by atoms with Gasteiger partial charge in [0.05, 0.1) is 5.41 Å². The van der Waals surface area contributed by atoms with Gasteiger partial charge in [-0.1, -0.05) is 60.1 Å². The van der Waals surface area contributed by atoms with E-state index in [0.29, 0.717) is 49.7 Å². The van der Waals surface area contributed by atoms with Crippen LogP contribution in [0.2, 0.25) is 0 Å². The van der Waals surface area contributed by atoms with E-state index < -0.39 is 0 Å². The summed E-state index contributed by atoms with van der Waals surface area (Å²) in [7, 11) is 0. The monoisotopic (exact) mass is 665 g/mol. The molecule has 0 aromatic heterocycles. The van der Waals surface area contributed by atoms with Gasteiger partial charge in [-0.05, 0) is 97.2 Å². The molecule has 0 aromatic rings. The quantitative estimate of drug-likeness (QED) is 0.147. The summed E-state index contributed by atoms with van der Waals surface area (Å²) >= 11 is 0. The van der Waals surface area contributed by atoms with Crippen LogP contribution in [-0.2, 0) is 14.3 Å². The fraction of sp³-hybridized carbons (Fsp3) is 0.854. The van der Waals surface area contributed by atoms with Crippen molar-refractivity contribution in [1.29, 1.82) is 0 Å². The van der Waals surface area contributed by atoms with E-state index in [1.807, 2.05) is 0 Å². The van der Waals surface area contributed by atoms with Gasteiger partial charge in [-0.25, -0.2) is 0 Å². The molecule has 7 heteroatoms. The molecule has 0 aliphatic heterocycles. The highest BCUT2D eigenvalue weighted by Crippen LogP contribution is 2.76. The van der Waals surface area contributed by atoms with Gasteiger partial charge in [0.15, 0.2) is 0 Å². The van der Waals surface area contributed by atoms with E-state index in [2.05, 4.69) is 70.7 Å². The number of esters is 1. The maximum absolute atomic E-state index is 14.5. The molecule has 270 valence electrons. The lowest BCUT2D eigenvalue weighted by molar-refractivity contribution is -0.227. The Kier molecular flexibility index (Phi) is 10.7. The summed E-state index contributed by atoms with van der Waals surface area (Å²) in [5.74, 6) is 5.42. The number of fused-ring (bicyclic) bond motifs is 7. The molecule has 5 rings (SSSR count). The summed E-state index contributed by atoms with van der Waals surface area (Å²) in [5.41, 5.74) is 13.0. The van der Waals surface area contributed by atoms with Crippen LogP contribution in [0.25, 0.3) is 0 Å². The number of terminal acetylenes is 1. The van der Waals surface area contributed by atoms with Crippen molar-refractivity contribution in [2.24, 2.45) is 74.0 Å². The third-order valence-corrected chi connectivity index (χ3v) is 15.7. The topological polar surface area (TPSA) is 111 Å². The first-order valence-corrected chi connectivity index (χ1v) is 19.3. The second kappa shape index (κ2) is 13.7. The van der Waals surface area contributed by atoms with E-state index >= 15 is 0 Å². The zero-order chi connectivity index (χ0) is 35.3. The fourth-order valence-corrected chi connectivity index (χ4v) is 13.2. The summed E-state index contributed by atoms with van der Waals surface area (Å²) in [4.78, 5) is 29.1. The molecule has 48 heavy (non-hydrogen) atoms. The second-order valence-corrected chi connectivity index (χ2v) is 18.2. The molecule has 4 fully saturated rings. The molecule has 0 unspecified atom stereocenters. The number of ether oxygens (including phenoxy) is 1. The number of nitrogens with one attached hydrogen (secondary N) is 1. The lowest BCUT2D eigenvalue weighted by atomic mass is 9.32. The first-order valence-electron chi connectivity index (χ1n) is 19.3. The molecule has 5 aliphatic rings. The van der Waals surface area contributed by atoms with E-state index in [1.165, 1.54) is 6.92 Å². The summed E-state index contributed by atoms with van der Waals surface area (Å²) in [6, 6.07) is 0. The molecule has 0 aromatic carbocycles. The molecule has 5 N–H and O–H groups in total. The van der Waals surface area contributed by atoms with Gasteiger partial charge in [-0.15, -0.1) is 12.3 Å². The molecular weight excluding hydrogens is 596 g/mol. The number of rotatable bonds is 10. The van der Waals surface area contributed by atoms with Crippen molar-refractivity contribution >= 4 is 11.9 Å². The summed E-state index contributed by atoms with van der Waals surface area (Å²) < 4.78 is 6.11. The summed E-state index contributed by atoms with van der Waals surface area (Å²) in [6.45, 7) is 23.0. The van der Waals surface area contributed by atoms with Gasteiger partial charge in [0.1, 0.15) is 6.10 Å². The van der Waals surface area contributed by atoms with E-state index in [4.69, 9.17) is 22.6 Å². The van der Waals surface area contributed by atoms with Crippen molar-refractivity contribution in [3.63, 3.8) is 0 Å². The number of amides is 1. The number of nitrogens with zero attached hydrogens (tertiary/aromatic N) is 1. The lowest BCUT2D eigenvalue weighted by Gasteiger charge is -2.72. The Balaban J connectivity index is 1.49. The van der Waals surface area contributed by atoms with Crippen LogP contribution < -0.4 is 16.8 Å². The summed E-state index contributed by atoms with van der Waals surface area (Å²) in [6.07, 6.45) is 17.5. The molecule has 0 heterocycles. The van der Waals surface area contributed by atoms with Crippen LogP contribution in [0.3, 0.4) is 0 Å². The van der Waals surface area contributed by atoms with Crippen molar-refractivity contribution < 1.29 is 14.3 Å². The smallest absolute Gasteiger partial charge is 0.302 e. The van der Waals surface area contributed by atoms with Crippen LogP contribution in [0.15, 0.2) is 11.6 Å². The van der Waals surface area contributed by atoms with E-state index in [-0.39, 0.29) is 56.9 Å². The molecule has 11 atom stereocenters. The van der Waals surface area contributed by atoms with Gasteiger partial charge in [-0.2, -0.15) is 0 Å². The number of allylic oxidation sites excluding steroid dienone is 2. The predicted molar refractivity (Wildman–Crippen MR) is 194 cm³/mol. The maximum Gasteiger partial charge on any atom is 0.302 e. The zero-order valence-electron chi connectivity index (χ0n) is 31.6. The Hall–Kier alpha value is -1.88. The highest BCUT2D eigenvalue weighted by Gasteiger charge is 2.70. The van der Waals surface area contributed by atoms with Gasteiger partial charge >= 0.3 is 5.97 Å². The Morgan fingerprint density at radius 1 is 1.00 bits per heavy atom. The van der Waals surface area contributed by atoms with Crippen molar-refractivity contribution in [3.05, 3.63) is 11.6 Å². The molecular formula is C41H68N4O3. The van der Waals surface area contributed by atoms with Gasteiger partial charge in [0, 0.05) is 63.9 Å². The number of hydrogen-bond donors (Lipinski definition) is 3. The van der Waals surface area contributed by atoms with Gasteiger partial charge in [-0.3, -0.25) is 14.5 Å². The highest BCUT2D eigenvalue weighted by atomic mass is 16.5. The molecule has 0 bridgehead atoms. The molecule has 0 radical (unpaired) electrons. The van der Waals surface area contributed by atoms with Gasteiger partial charge in [0.25, 0.3) is 0 Å². The van der Waals surface area contributed by atoms with Crippen LogP contribution >= 0.6 is 0 Å². The first kappa shape index (κ1) is 37.4.